The van der Waals surface area contributed by atoms with Crippen LogP contribution < -0.4 is 19.9 Å². The van der Waals surface area contributed by atoms with Gasteiger partial charge in [-0.2, -0.15) is 0 Å². The van der Waals surface area contributed by atoms with Gasteiger partial charge in [0.05, 0.1) is 13.4 Å². The average Bonchev–Trinajstić information content (AvgIpc) is 3.18. The molecule has 4 heteroatoms. The lowest BCUT2D eigenvalue weighted by molar-refractivity contribution is -0.0827. The fourth-order valence-electron chi connectivity index (χ4n) is 5.74. The van der Waals surface area contributed by atoms with Gasteiger partial charge < -0.3 is 14.2 Å². The molecule has 0 spiro atoms. The van der Waals surface area contributed by atoms with Crippen molar-refractivity contribution in [2.24, 2.45) is 0 Å². The Balaban J connectivity index is 1.72. The van der Waals surface area contributed by atoms with Crippen molar-refractivity contribution in [1.29, 1.82) is 0 Å². The minimum absolute atomic E-state index is 0.715. The number of carbonyl (C=O) groups excluding carboxylic acids is 1. The summed E-state index contributed by atoms with van der Waals surface area (Å²) in [6, 6.07) is 41.0. The average molecular weight is 536 g/mol. The van der Waals surface area contributed by atoms with Crippen LogP contribution in [0.1, 0.15) is 11.1 Å². The molecule has 0 N–H and O–H groups in total. The summed E-state index contributed by atoms with van der Waals surface area (Å²) in [5.41, 5.74) is 1.78. The quantitative estimate of drug-likeness (QED) is 0.261. The van der Waals surface area contributed by atoms with E-state index >= 15 is 0 Å². The van der Waals surface area contributed by atoms with E-state index in [0.717, 1.165) is 59.3 Å². The molecule has 0 aliphatic carbocycles. The Hall–Kier alpha value is -5.31. The molecule has 41 heavy (non-hydrogen) atoms. The number of hydrogen-bond donors (Lipinski definition) is 0. The van der Waals surface area contributed by atoms with Gasteiger partial charge in [0.15, 0.2) is 0 Å². The third-order valence-electron chi connectivity index (χ3n) is 7.53. The standard InChI is InChI=1S/C37H27O4/c1-38-23-25-13-15-27-17-19-33-35(31(27)21-25)36-32-22-26(24-39-2)14-16-28(32)18-20-34(36)41-37(40-33,29-9-5-3-6-10-29)30-11-7-4-8-12-30/h3-23H,1-2H3/q+1. The summed E-state index contributed by atoms with van der Waals surface area (Å²) in [7, 11) is 3.27. The summed E-state index contributed by atoms with van der Waals surface area (Å²) < 4.78 is 24.9. The first-order valence-electron chi connectivity index (χ1n) is 13.5. The predicted molar refractivity (Wildman–Crippen MR) is 162 cm³/mol. The molecular weight excluding hydrogens is 508 g/mol. The van der Waals surface area contributed by atoms with Gasteiger partial charge in [0, 0.05) is 26.8 Å². The van der Waals surface area contributed by atoms with E-state index in [9.17, 15) is 0 Å². The zero-order chi connectivity index (χ0) is 27.8. The molecule has 7 rings (SSSR count). The van der Waals surface area contributed by atoms with Crippen LogP contribution in [0.2, 0.25) is 0 Å². The third-order valence-corrected chi connectivity index (χ3v) is 7.53. The first-order valence-corrected chi connectivity index (χ1v) is 13.5. The van der Waals surface area contributed by atoms with E-state index in [-0.39, 0.29) is 0 Å². The highest BCUT2D eigenvalue weighted by atomic mass is 16.7. The van der Waals surface area contributed by atoms with Gasteiger partial charge >= 0.3 is 11.7 Å². The lowest BCUT2D eigenvalue weighted by Gasteiger charge is -2.34. The highest BCUT2D eigenvalue weighted by Gasteiger charge is 2.42. The van der Waals surface area contributed by atoms with Crippen LogP contribution in [0.15, 0.2) is 121 Å². The van der Waals surface area contributed by atoms with Crippen LogP contribution in [0.25, 0.3) is 27.8 Å². The van der Waals surface area contributed by atoms with Crippen LogP contribution in [0.3, 0.4) is 0 Å². The molecule has 198 valence electrons. The maximum absolute atomic E-state index is 7.13. The molecule has 0 fully saturated rings. The Bertz CT molecular complexity index is 2140. The molecule has 6 aromatic carbocycles. The number of methoxy groups -OCH3 is 1. The summed E-state index contributed by atoms with van der Waals surface area (Å²) in [5.74, 6) is 3.18. The van der Waals surface area contributed by atoms with Crippen molar-refractivity contribution in [2.75, 3.05) is 14.2 Å². The molecule has 0 unspecified atom stereocenters. The topological polar surface area (TPSA) is 39.0 Å². The van der Waals surface area contributed by atoms with Crippen molar-refractivity contribution in [3.05, 3.63) is 153 Å². The normalized spacial score (nSPS) is 13.8. The first-order chi connectivity index (χ1) is 20.2. The predicted octanol–water partition coefficient (Wildman–Crippen LogP) is 6.01. The summed E-state index contributed by atoms with van der Waals surface area (Å²) in [4.78, 5) is 0. The number of rotatable bonds is 3. The highest BCUT2D eigenvalue weighted by Crippen LogP contribution is 2.43. The zero-order valence-corrected chi connectivity index (χ0v) is 22.8. The van der Waals surface area contributed by atoms with Crippen LogP contribution in [-0.2, 0) is 14.9 Å². The van der Waals surface area contributed by atoms with Gasteiger partial charge in [0.25, 0.3) is 7.11 Å². The maximum atomic E-state index is 7.13. The van der Waals surface area contributed by atoms with Crippen LogP contribution in [0.4, 0.5) is 0 Å². The van der Waals surface area contributed by atoms with E-state index in [1.54, 1.807) is 20.5 Å². The molecule has 0 amide bonds. The Morgan fingerprint density at radius 3 is 1.76 bits per heavy atom. The van der Waals surface area contributed by atoms with Crippen LogP contribution in [0.5, 0.6) is 11.5 Å². The molecule has 0 radical (unpaired) electrons. The summed E-state index contributed by atoms with van der Waals surface area (Å²) in [5, 5.41) is 7.91. The molecule has 1 aliphatic heterocycles. The van der Waals surface area contributed by atoms with Crippen molar-refractivity contribution in [3.63, 3.8) is 0 Å². The monoisotopic (exact) mass is 535 g/mol. The first kappa shape index (κ1) is 24.7. The lowest BCUT2D eigenvalue weighted by Crippen LogP contribution is -2.40. The zero-order valence-electron chi connectivity index (χ0n) is 22.8. The van der Waals surface area contributed by atoms with Gasteiger partial charge in [-0.3, -0.25) is 0 Å². The Morgan fingerprint density at radius 2 is 1.20 bits per heavy atom. The van der Waals surface area contributed by atoms with Crippen molar-refractivity contribution in [3.8, 4) is 11.5 Å². The van der Waals surface area contributed by atoms with Crippen molar-refractivity contribution < 1.29 is 18.6 Å². The molecule has 1 heterocycles. The highest BCUT2D eigenvalue weighted by molar-refractivity contribution is 5.90. The van der Waals surface area contributed by atoms with Crippen LogP contribution in [-0.4, -0.2) is 20.2 Å². The Labute approximate surface area is 237 Å². The van der Waals surface area contributed by atoms with Gasteiger partial charge in [-0.25, -0.2) is 4.42 Å². The van der Waals surface area contributed by atoms with Gasteiger partial charge in [0.1, 0.15) is 16.7 Å². The van der Waals surface area contributed by atoms with E-state index in [2.05, 4.69) is 48.4 Å². The minimum atomic E-state index is -1.23. The van der Waals surface area contributed by atoms with Gasteiger partial charge in [0.2, 0.25) is 0 Å². The largest absolute Gasteiger partial charge is 0.504 e. The summed E-state index contributed by atoms with van der Waals surface area (Å²) >= 11 is 0. The molecule has 0 bridgehead atoms. The molecule has 0 aromatic heterocycles. The number of benzene rings is 6. The van der Waals surface area contributed by atoms with Crippen molar-refractivity contribution in [2.45, 2.75) is 5.79 Å². The molecule has 0 saturated heterocycles. The van der Waals surface area contributed by atoms with Gasteiger partial charge in [-0.15, -0.1) is 0 Å². The van der Waals surface area contributed by atoms with Crippen molar-refractivity contribution >= 4 is 33.7 Å². The maximum Gasteiger partial charge on any atom is 0.352 e. The van der Waals surface area contributed by atoms with Crippen LogP contribution in [0, 0.1) is 10.4 Å². The second-order valence-corrected chi connectivity index (χ2v) is 10.0. The number of fused-ring (bicyclic) bond motifs is 6. The van der Waals surface area contributed by atoms with Crippen LogP contribution >= 0.6 is 0 Å². The van der Waals surface area contributed by atoms with E-state index in [1.165, 1.54) is 0 Å². The van der Waals surface area contributed by atoms with Gasteiger partial charge in [-0.05, 0) is 51.9 Å². The fraction of sp³-hybridized carbons (Fsp3) is 0.0811. The smallest absolute Gasteiger partial charge is 0.352 e. The molecule has 0 atom stereocenters. The third kappa shape index (κ3) is 4.13. The number of ether oxygens (including phenoxy) is 3. The van der Waals surface area contributed by atoms with E-state index < -0.39 is 5.79 Å². The second kappa shape index (κ2) is 10.0. The van der Waals surface area contributed by atoms with E-state index in [4.69, 9.17) is 18.6 Å². The minimum Gasteiger partial charge on any atom is -0.504 e. The van der Waals surface area contributed by atoms with Gasteiger partial charge in [-0.1, -0.05) is 91.0 Å². The fourth-order valence-corrected chi connectivity index (χ4v) is 5.74. The second-order valence-electron chi connectivity index (χ2n) is 10.0. The molecule has 0 saturated carbocycles. The van der Waals surface area contributed by atoms with E-state index in [1.807, 2.05) is 78.9 Å². The molecule has 6 aromatic rings. The number of hydrogen-bond acceptors (Lipinski definition) is 3. The molecular formula is C37H27O4+. The van der Waals surface area contributed by atoms with E-state index in [0.29, 0.717) is 5.75 Å². The Kier molecular flexibility index (Phi) is 6.04. The lowest BCUT2D eigenvalue weighted by atomic mass is 9.96. The molecule has 4 nitrogen and oxygen atoms in total. The summed E-state index contributed by atoms with van der Waals surface area (Å²) in [6.07, 6.45) is 1.75. The summed E-state index contributed by atoms with van der Waals surface area (Å²) in [6.45, 7) is 0. The SMILES string of the molecule is COC=c1ccc2ccc3c(c2c1)=c1c(ccc2ccc(=C=[O+]C)cc12)OC(c1ccccc1)(c1ccccc1)O3. The molecule has 1 aliphatic rings. The van der Waals surface area contributed by atoms with Crippen molar-refractivity contribution in [1.82, 2.24) is 0 Å². The Morgan fingerprint density at radius 1 is 0.659 bits per heavy atom.